The van der Waals surface area contributed by atoms with Gasteiger partial charge in [-0.25, -0.2) is 4.98 Å². The van der Waals surface area contributed by atoms with Crippen LogP contribution >= 0.6 is 0 Å². The zero-order valence-electron chi connectivity index (χ0n) is 10.0. The van der Waals surface area contributed by atoms with Gasteiger partial charge in [0.2, 0.25) is 0 Å². The van der Waals surface area contributed by atoms with Gasteiger partial charge in [-0.05, 0) is 50.4 Å². The molecule has 2 saturated heterocycles. The molecular formula is C13H19N3. The first kappa shape index (κ1) is 10.1. The summed E-state index contributed by atoms with van der Waals surface area (Å²) in [7, 11) is 0. The highest BCUT2D eigenvalue weighted by Gasteiger charge is 2.40. The first-order chi connectivity index (χ1) is 7.74. The summed E-state index contributed by atoms with van der Waals surface area (Å²) in [5.41, 5.74) is 2.44. The molecule has 1 N–H and O–H groups in total. The second kappa shape index (κ2) is 3.74. The zero-order chi connectivity index (χ0) is 11.1. The van der Waals surface area contributed by atoms with Crippen LogP contribution in [-0.2, 0) is 0 Å². The van der Waals surface area contributed by atoms with Gasteiger partial charge in [-0.3, -0.25) is 0 Å². The lowest BCUT2D eigenvalue weighted by Crippen LogP contribution is -2.64. The van der Waals surface area contributed by atoms with E-state index in [0.717, 1.165) is 18.2 Å². The number of piperidine rings is 1. The van der Waals surface area contributed by atoms with Crippen molar-refractivity contribution in [3.8, 4) is 0 Å². The molecule has 1 aromatic heterocycles. The molecule has 0 bridgehead atoms. The highest BCUT2D eigenvalue weighted by Crippen LogP contribution is 2.33. The van der Waals surface area contributed by atoms with Crippen molar-refractivity contribution >= 4 is 5.82 Å². The smallest absolute Gasteiger partial charge is 0.129 e. The van der Waals surface area contributed by atoms with Crippen LogP contribution in [0.25, 0.3) is 0 Å². The van der Waals surface area contributed by atoms with Crippen molar-refractivity contribution in [3.63, 3.8) is 0 Å². The predicted molar refractivity (Wildman–Crippen MR) is 65.8 cm³/mol. The van der Waals surface area contributed by atoms with E-state index < -0.39 is 0 Å². The Morgan fingerprint density at radius 1 is 1.38 bits per heavy atom. The first-order valence-electron chi connectivity index (χ1n) is 6.17. The molecule has 0 amide bonds. The third kappa shape index (κ3) is 1.59. The van der Waals surface area contributed by atoms with Crippen LogP contribution in [-0.4, -0.2) is 30.7 Å². The molecule has 3 nitrogen and oxygen atoms in total. The van der Waals surface area contributed by atoms with E-state index in [2.05, 4.69) is 41.2 Å². The summed E-state index contributed by atoms with van der Waals surface area (Å²) in [5, 5.41) is 3.48. The maximum Gasteiger partial charge on any atom is 0.129 e. The van der Waals surface area contributed by atoms with Gasteiger partial charge in [-0.2, -0.15) is 0 Å². The summed E-state index contributed by atoms with van der Waals surface area (Å²) in [5.74, 6) is 2.06. The van der Waals surface area contributed by atoms with Crippen molar-refractivity contribution in [1.82, 2.24) is 10.3 Å². The Kier molecular flexibility index (Phi) is 2.36. The van der Waals surface area contributed by atoms with Crippen LogP contribution in [0.2, 0.25) is 0 Å². The van der Waals surface area contributed by atoms with Crippen LogP contribution in [0.15, 0.2) is 12.1 Å². The first-order valence-corrected chi connectivity index (χ1v) is 6.17. The molecule has 0 saturated carbocycles. The molecule has 2 fully saturated rings. The number of aromatic nitrogens is 1. The quantitative estimate of drug-likeness (QED) is 0.772. The molecule has 2 aliphatic rings. The number of nitrogens with one attached hydrogen (secondary N) is 1. The normalized spacial score (nSPS) is 28.5. The number of anilines is 1. The second-order valence-corrected chi connectivity index (χ2v) is 5.12. The number of nitrogens with zero attached hydrogens (tertiary/aromatic N) is 2. The summed E-state index contributed by atoms with van der Waals surface area (Å²) < 4.78 is 0. The largest absolute Gasteiger partial charge is 0.352 e. The molecule has 0 spiro atoms. The number of aryl methyl sites for hydroxylation is 2. The Morgan fingerprint density at radius 2 is 2.25 bits per heavy atom. The van der Waals surface area contributed by atoms with E-state index in [1.807, 2.05) is 0 Å². The Balaban J connectivity index is 1.82. The number of fused-ring (bicyclic) bond motifs is 1. The molecule has 0 radical (unpaired) electrons. The van der Waals surface area contributed by atoms with E-state index in [9.17, 15) is 0 Å². The molecular weight excluding hydrogens is 198 g/mol. The Morgan fingerprint density at radius 3 is 3.00 bits per heavy atom. The van der Waals surface area contributed by atoms with Gasteiger partial charge in [-0.1, -0.05) is 0 Å². The van der Waals surface area contributed by atoms with Gasteiger partial charge in [0.1, 0.15) is 5.82 Å². The van der Waals surface area contributed by atoms with Crippen molar-refractivity contribution in [2.24, 2.45) is 5.92 Å². The number of hydrogen-bond acceptors (Lipinski definition) is 3. The van der Waals surface area contributed by atoms with Crippen molar-refractivity contribution in [2.75, 3.05) is 24.5 Å². The highest BCUT2D eigenvalue weighted by molar-refractivity contribution is 5.47. The summed E-state index contributed by atoms with van der Waals surface area (Å²) in [6.45, 7) is 7.73. The fourth-order valence-electron chi connectivity index (χ4n) is 2.95. The minimum absolute atomic E-state index is 0.683. The molecule has 0 aromatic carbocycles. The third-order valence-corrected chi connectivity index (χ3v) is 3.80. The number of pyridine rings is 1. The van der Waals surface area contributed by atoms with Gasteiger partial charge in [0.15, 0.2) is 0 Å². The standard InChI is InChI=1S/C13H19N3/c1-9-5-10(2)15-13(6-9)16-8-11-3-4-14-7-12(11)16/h5-6,11-12,14H,3-4,7-8H2,1-2H3/t11-,12-/m0/s1. The fraction of sp³-hybridized carbons (Fsp3) is 0.615. The van der Waals surface area contributed by atoms with Crippen molar-refractivity contribution < 1.29 is 0 Å². The maximum atomic E-state index is 4.65. The van der Waals surface area contributed by atoms with Gasteiger partial charge < -0.3 is 10.2 Å². The topological polar surface area (TPSA) is 28.2 Å². The predicted octanol–water partition coefficient (Wildman–Crippen LogP) is 1.50. The summed E-state index contributed by atoms with van der Waals surface area (Å²) in [6.07, 6.45) is 1.33. The lowest BCUT2D eigenvalue weighted by molar-refractivity contribution is 0.227. The third-order valence-electron chi connectivity index (χ3n) is 3.80. The van der Waals surface area contributed by atoms with Crippen LogP contribution < -0.4 is 10.2 Å². The van der Waals surface area contributed by atoms with Gasteiger partial charge in [0.05, 0.1) is 0 Å². The van der Waals surface area contributed by atoms with Crippen LogP contribution in [0.3, 0.4) is 0 Å². The molecule has 3 heteroatoms. The van der Waals surface area contributed by atoms with Gasteiger partial charge in [-0.15, -0.1) is 0 Å². The molecule has 2 atom stereocenters. The molecule has 1 aromatic rings. The van der Waals surface area contributed by atoms with E-state index in [0.29, 0.717) is 6.04 Å². The van der Waals surface area contributed by atoms with Gasteiger partial charge in [0.25, 0.3) is 0 Å². The van der Waals surface area contributed by atoms with Crippen molar-refractivity contribution in [1.29, 1.82) is 0 Å². The van der Waals surface area contributed by atoms with Gasteiger partial charge in [0, 0.05) is 24.8 Å². The summed E-state index contributed by atoms with van der Waals surface area (Å²) in [6, 6.07) is 5.03. The second-order valence-electron chi connectivity index (χ2n) is 5.12. The molecule has 0 aliphatic carbocycles. The van der Waals surface area contributed by atoms with E-state index in [1.165, 1.54) is 30.9 Å². The maximum absolute atomic E-state index is 4.65. The van der Waals surface area contributed by atoms with Crippen LogP contribution in [0.4, 0.5) is 5.82 Å². The SMILES string of the molecule is Cc1cc(C)nc(N2C[C@@H]3CCNC[C@@H]32)c1. The summed E-state index contributed by atoms with van der Waals surface area (Å²) in [4.78, 5) is 7.10. The lowest BCUT2D eigenvalue weighted by Gasteiger charge is -2.51. The van der Waals surface area contributed by atoms with Crippen LogP contribution in [0, 0.1) is 19.8 Å². The zero-order valence-corrected chi connectivity index (χ0v) is 10.0. The van der Waals surface area contributed by atoms with E-state index in [-0.39, 0.29) is 0 Å². The molecule has 0 unspecified atom stereocenters. The molecule has 2 aliphatic heterocycles. The van der Waals surface area contributed by atoms with Crippen molar-refractivity contribution in [3.05, 3.63) is 23.4 Å². The van der Waals surface area contributed by atoms with Crippen molar-refractivity contribution in [2.45, 2.75) is 26.3 Å². The van der Waals surface area contributed by atoms with Crippen LogP contribution in [0.5, 0.6) is 0 Å². The van der Waals surface area contributed by atoms with E-state index in [1.54, 1.807) is 0 Å². The Hall–Kier alpha value is -1.09. The highest BCUT2D eigenvalue weighted by atomic mass is 15.3. The van der Waals surface area contributed by atoms with Crippen LogP contribution in [0.1, 0.15) is 17.7 Å². The van der Waals surface area contributed by atoms with E-state index >= 15 is 0 Å². The molecule has 3 heterocycles. The fourth-order valence-corrected chi connectivity index (χ4v) is 2.95. The Bertz CT molecular complexity index is 382. The lowest BCUT2D eigenvalue weighted by atomic mass is 9.83. The molecule has 3 rings (SSSR count). The van der Waals surface area contributed by atoms with E-state index in [4.69, 9.17) is 0 Å². The Labute approximate surface area is 96.9 Å². The number of rotatable bonds is 1. The van der Waals surface area contributed by atoms with Gasteiger partial charge >= 0.3 is 0 Å². The average molecular weight is 217 g/mol. The molecule has 86 valence electrons. The number of hydrogen-bond donors (Lipinski definition) is 1. The summed E-state index contributed by atoms with van der Waals surface area (Å²) >= 11 is 0. The minimum atomic E-state index is 0.683. The average Bonchev–Trinajstić information content (AvgIpc) is 2.18. The minimum Gasteiger partial charge on any atom is -0.352 e. The molecule has 16 heavy (non-hydrogen) atoms. The monoisotopic (exact) mass is 217 g/mol.